The van der Waals surface area contributed by atoms with Crippen LogP contribution in [0.3, 0.4) is 0 Å². The van der Waals surface area contributed by atoms with Crippen molar-refractivity contribution >= 4 is 5.91 Å². The van der Waals surface area contributed by atoms with Crippen LogP contribution in [0.4, 0.5) is 13.2 Å². The van der Waals surface area contributed by atoms with Crippen molar-refractivity contribution in [1.82, 2.24) is 10.6 Å². The molecule has 0 aromatic heterocycles. The van der Waals surface area contributed by atoms with Gasteiger partial charge in [0.05, 0.1) is 5.56 Å². The molecule has 0 saturated heterocycles. The predicted octanol–water partition coefficient (Wildman–Crippen LogP) is 3.53. The highest BCUT2D eigenvalue weighted by Crippen LogP contribution is 2.29. The van der Waals surface area contributed by atoms with E-state index in [1.54, 1.807) is 18.2 Å². The lowest BCUT2D eigenvalue weighted by atomic mass is 10.1. The summed E-state index contributed by atoms with van der Waals surface area (Å²) in [5.41, 5.74) is 1.55. The molecule has 128 valence electrons. The van der Waals surface area contributed by atoms with E-state index in [4.69, 9.17) is 0 Å². The van der Waals surface area contributed by atoms with Crippen LogP contribution >= 0.6 is 0 Å². The van der Waals surface area contributed by atoms with Crippen LogP contribution in [-0.2, 0) is 12.7 Å². The molecule has 1 amide bonds. The van der Waals surface area contributed by atoms with Crippen LogP contribution in [0.5, 0.6) is 0 Å². The third kappa shape index (κ3) is 5.38. The van der Waals surface area contributed by atoms with Crippen molar-refractivity contribution in [3.8, 4) is 0 Å². The average Bonchev–Trinajstić information content (AvgIpc) is 2.54. The molecule has 2 aromatic rings. The number of aryl methyl sites for hydroxylation is 1. The van der Waals surface area contributed by atoms with Gasteiger partial charge >= 0.3 is 6.18 Å². The summed E-state index contributed by atoms with van der Waals surface area (Å²) in [6, 6.07) is 12.4. The molecule has 0 aliphatic rings. The maximum Gasteiger partial charge on any atom is 0.416 e. The number of alkyl halides is 3. The lowest BCUT2D eigenvalue weighted by Crippen LogP contribution is -2.31. The van der Waals surface area contributed by atoms with Gasteiger partial charge < -0.3 is 10.6 Å². The second-order valence-corrected chi connectivity index (χ2v) is 5.50. The number of rotatable bonds is 6. The van der Waals surface area contributed by atoms with Gasteiger partial charge in [0.25, 0.3) is 5.91 Å². The Bertz CT molecular complexity index is 681. The zero-order valence-corrected chi connectivity index (χ0v) is 13.3. The van der Waals surface area contributed by atoms with E-state index in [0.717, 1.165) is 17.7 Å². The Hall–Kier alpha value is -2.34. The SMILES string of the molecule is Cc1ccc(C(=O)NCCNCc2cccc(C(F)(F)F)c2)cc1. The summed E-state index contributed by atoms with van der Waals surface area (Å²) in [6.45, 7) is 3.11. The van der Waals surface area contributed by atoms with Gasteiger partial charge in [-0.3, -0.25) is 4.79 Å². The molecule has 0 spiro atoms. The first-order chi connectivity index (χ1) is 11.4. The number of halogens is 3. The Morgan fingerprint density at radius 1 is 1.04 bits per heavy atom. The van der Waals surface area contributed by atoms with Crippen LogP contribution in [0.2, 0.25) is 0 Å². The Labute approximate surface area is 138 Å². The molecule has 2 aromatic carbocycles. The molecule has 0 aliphatic heterocycles. The first kappa shape index (κ1) is 18.0. The molecular formula is C18H19F3N2O. The number of benzene rings is 2. The lowest BCUT2D eigenvalue weighted by Gasteiger charge is -2.10. The summed E-state index contributed by atoms with van der Waals surface area (Å²) < 4.78 is 37.9. The molecular weight excluding hydrogens is 317 g/mol. The molecule has 0 heterocycles. The largest absolute Gasteiger partial charge is 0.416 e. The van der Waals surface area contributed by atoms with Gasteiger partial charge in [-0.1, -0.05) is 35.9 Å². The molecule has 0 bridgehead atoms. The van der Waals surface area contributed by atoms with E-state index < -0.39 is 11.7 Å². The van der Waals surface area contributed by atoms with E-state index in [1.807, 2.05) is 19.1 Å². The Morgan fingerprint density at radius 2 is 1.75 bits per heavy atom. The molecule has 0 radical (unpaired) electrons. The van der Waals surface area contributed by atoms with Crippen molar-refractivity contribution in [2.75, 3.05) is 13.1 Å². The van der Waals surface area contributed by atoms with E-state index >= 15 is 0 Å². The second-order valence-electron chi connectivity index (χ2n) is 5.50. The number of hydrogen-bond donors (Lipinski definition) is 2. The summed E-state index contributed by atoms with van der Waals surface area (Å²) >= 11 is 0. The Balaban J connectivity index is 1.73. The van der Waals surface area contributed by atoms with Gasteiger partial charge in [-0.25, -0.2) is 0 Å². The van der Waals surface area contributed by atoms with Gasteiger partial charge in [0.1, 0.15) is 0 Å². The van der Waals surface area contributed by atoms with Gasteiger partial charge in [0.15, 0.2) is 0 Å². The van der Waals surface area contributed by atoms with Crippen LogP contribution in [0, 0.1) is 6.92 Å². The maximum absolute atomic E-state index is 12.6. The predicted molar refractivity (Wildman–Crippen MR) is 86.7 cm³/mol. The summed E-state index contributed by atoms with van der Waals surface area (Å²) in [5, 5.41) is 5.77. The summed E-state index contributed by atoms with van der Waals surface area (Å²) in [6.07, 6.45) is -4.34. The molecule has 0 atom stereocenters. The molecule has 2 rings (SSSR count). The highest BCUT2D eigenvalue weighted by molar-refractivity contribution is 5.94. The number of hydrogen-bond acceptors (Lipinski definition) is 2. The van der Waals surface area contributed by atoms with Crippen LogP contribution in [-0.4, -0.2) is 19.0 Å². The quantitative estimate of drug-likeness (QED) is 0.793. The van der Waals surface area contributed by atoms with Crippen LogP contribution < -0.4 is 10.6 Å². The van der Waals surface area contributed by atoms with E-state index in [2.05, 4.69) is 10.6 Å². The molecule has 0 fully saturated rings. The van der Waals surface area contributed by atoms with E-state index in [-0.39, 0.29) is 5.91 Å². The zero-order chi connectivity index (χ0) is 17.6. The zero-order valence-electron chi connectivity index (χ0n) is 13.3. The van der Waals surface area contributed by atoms with Crippen molar-refractivity contribution in [1.29, 1.82) is 0 Å². The van der Waals surface area contributed by atoms with E-state index in [0.29, 0.717) is 30.8 Å². The van der Waals surface area contributed by atoms with Crippen molar-refractivity contribution in [3.63, 3.8) is 0 Å². The van der Waals surface area contributed by atoms with Gasteiger partial charge in [-0.15, -0.1) is 0 Å². The van der Waals surface area contributed by atoms with Gasteiger partial charge in [0.2, 0.25) is 0 Å². The van der Waals surface area contributed by atoms with Crippen molar-refractivity contribution in [2.24, 2.45) is 0 Å². The van der Waals surface area contributed by atoms with Gasteiger partial charge in [-0.05, 0) is 30.7 Å². The summed E-state index contributed by atoms with van der Waals surface area (Å²) in [7, 11) is 0. The normalized spacial score (nSPS) is 11.3. The molecule has 6 heteroatoms. The number of carbonyl (C=O) groups excluding carboxylic acids is 1. The topological polar surface area (TPSA) is 41.1 Å². The van der Waals surface area contributed by atoms with Gasteiger partial charge in [0, 0.05) is 25.2 Å². The Morgan fingerprint density at radius 3 is 2.42 bits per heavy atom. The lowest BCUT2D eigenvalue weighted by molar-refractivity contribution is -0.137. The smallest absolute Gasteiger partial charge is 0.351 e. The minimum absolute atomic E-state index is 0.170. The van der Waals surface area contributed by atoms with Crippen molar-refractivity contribution in [2.45, 2.75) is 19.6 Å². The minimum Gasteiger partial charge on any atom is -0.351 e. The number of carbonyl (C=O) groups is 1. The third-order valence-corrected chi connectivity index (χ3v) is 3.48. The average molecular weight is 336 g/mol. The van der Waals surface area contributed by atoms with Crippen molar-refractivity contribution in [3.05, 3.63) is 70.8 Å². The summed E-state index contributed by atoms with van der Waals surface area (Å²) in [4.78, 5) is 11.9. The van der Waals surface area contributed by atoms with Gasteiger partial charge in [-0.2, -0.15) is 13.2 Å². The molecule has 24 heavy (non-hydrogen) atoms. The highest BCUT2D eigenvalue weighted by Gasteiger charge is 2.30. The fourth-order valence-electron chi connectivity index (χ4n) is 2.16. The Kier molecular flexibility index (Phi) is 5.98. The van der Waals surface area contributed by atoms with E-state index in [9.17, 15) is 18.0 Å². The van der Waals surface area contributed by atoms with Crippen LogP contribution in [0.1, 0.15) is 27.0 Å². The third-order valence-electron chi connectivity index (χ3n) is 3.48. The minimum atomic E-state index is -4.34. The molecule has 3 nitrogen and oxygen atoms in total. The first-order valence-corrected chi connectivity index (χ1v) is 7.58. The monoisotopic (exact) mass is 336 g/mol. The fourth-order valence-corrected chi connectivity index (χ4v) is 2.16. The van der Waals surface area contributed by atoms with Crippen molar-refractivity contribution < 1.29 is 18.0 Å². The first-order valence-electron chi connectivity index (χ1n) is 7.58. The van der Waals surface area contributed by atoms with Crippen LogP contribution in [0.25, 0.3) is 0 Å². The molecule has 2 N–H and O–H groups in total. The number of nitrogens with one attached hydrogen (secondary N) is 2. The number of amides is 1. The van der Waals surface area contributed by atoms with Crippen LogP contribution in [0.15, 0.2) is 48.5 Å². The molecule has 0 saturated carbocycles. The standard InChI is InChI=1S/C18H19F3N2O/c1-13-5-7-15(8-6-13)17(24)23-10-9-22-12-14-3-2-4-16(11-14)18(19,20)21/h2-8,11,22H,9-10,12H2,1H3,(H,23,24). The maximum atomic E-state index is 12.6. The summed E-state index contributed by atoms with van der Waals surface area (Å²) in [5.74, 6) is -0.170. The molecule has 0 aliphatic carbocycles. The highest BCUT2D eigenvalue weighted by atomic mass is 19.4. The fraction of sp³-hybridized carbons (Fsp3) is 0.278. The molecule has 0 unspecified atom stereocenters. The van der Waals surface area contributed by atoms with E-state index in [1.165, 1.54) is 6.07 Å². The second kappa shape index (κ2) is 7.97.